The summed E-state index contributed by atoms with van der Waals surface area (Å²) < 4.78 is 5.45. The van der Waals surface area contributed by atoms with E-state index in [1.54, 1.807) is 0 Å². The monoisotopic (exact) mass is 440 g/mol. The first kappa shape index (κ1) is 23.3. The molecule has 2 aromatic carbocycles. The number of carboxylic acid groups (broad SMARTS) is 1. The number of aliphatic carboxylic acids is 1. The third kappa shape index (κ3) is 5.64. The van der Waals surface area contributed by atoms with Gasteiger partial charge in [-0.15, -0.1) is 0 Å². The van der Waals surface area contributed by atoms with Crippen LogP contribution in [0.3, 0.4) is 0 Å². The second kappa shape index (κ2) is 10.8. The van der Waals surface area contributed by atoms with Gasteiger partial charge in [-0.1, -0.05) is 48.5 Å². The second-order valence-electron chi connectivity index (χ2n) is 7.83. The number of hydrogen-bond acceptors (Lipinski definition) is 5. The molecule has 0 fully saturated rings. The first-order valence-electron chi connectivity index (χ1n) is 10.7. The van der Waals surface area contributed by atoms with Crippen LogP contribution >= 0.6 is 0 Å². The van der Waals surface area contributed by atoms with Crippen molar-refractivity contribution in [2.24, 2.45) is 0 Å². The number of unbranched alkanes of at least 4 members (excludes halogenated alkanes) is 1. The lowest BCUT2D eigenvalue weighted by molar-refractivity contribution is -0.144. The Morgan fingerprint density at radius 1 is 1.00 bits per heavy atom. The van der Waals surface area contributed by atoms with E-state index in [4.69, 9.17) is 9.84 Å². The maximum atomic E-state index is 12.1. The molecule has 2 aromatic rings. The minimum atomic E-state index is -1.33. The van der Waals surface area contributed by atoms with Crippen LogP contribution < -0.4 is 10.6 Å². The van der Waals surface area contributed by atoms with Gasteiger partial charge in [-0.3, -0.25) is 4.79 Å². The Kier molecular flexibility index (Phi) is 7.83. The number of rotatable bonds is 10. The number of fused-ring (bicyclic) bond motifs is 3. The predicted molar refractivity (Wildman–Crippen MR) is 118 cm³/mol. The molecule has 1 aliphatic rings. The van der Waals surface area contributed by atoms with Crippen LogP contribution in [-0.2, 0) is 14.3 Å². The van der Waals surface area contributed by atoms with Gasteiger partial charge in [0.25, 0.3) is 0 Å². The first-order chi connectivity index (χ1) is 15.4. The summed E-state index contributed by atoms with van der Waals surface area (Å²) in [6.45, 7) is 1.87. The number of carboxylic acids is 1. The number of aliphatic hydroxyl groups excluding tert-OH is 1. The topological polar surface area (TPSA) is 125 Å². The quantitative estimate of drug-likeness (QED) is 0.421. The first-order valence-corrected chi connectivity index (χ1v) is 10.7. The predicted octanol–water partition coefficient (Wildman–Crippen LogP) is 2.65. The molecule has 0 heterocycles. The van der Waals surface area contributed by atoms with E-state index in [0.29, 0.717) is 19.4 Å². The smallest absolute Gasteiger partial charge is 0.407 e. The number of hydrogen-bond donors (Lipinski definition) is 4. The summed E-state index contributed by atoms with van der Waals surface area (Å²) in [7, 11) is 0. The van der Waals surface area contributed by atoms with Gasteiger partial charge in [0.2, 0.25) is 5.91 Å². The average Bonchev–Trinajstić information content (AvgIpc) is 3.09. The summed E-state index contributed by atoms with van der Waals surface area (Å²) in [5.74, 6) is -1.75. The van der Waals surface area contributed by atoms with Gasteiger partial charge in [0.1, 0.15) is 6.61 Å². The second-order valence-corrected chi connectivity index (χ2v) is 7.83. The Hall–Kier alpha value is -3.39. The third-order valence-electron chi connectivity index (χ3n) is 5.51. The molecule has 2 atom stereocenters. The zero-order valence-corrected chi connectivity index (χ0v) is 17.9. The molecule has 0 spiro atoms. The lowest BCUT2D eigenvalue weighted by atomic mass is 9.98. The van der Waals surface area contributed by atoms with Gasteiger partial charge in [0.15, 0.2) is 6.04 Å². The van der Waals surface area contributed by atoms with E-state index in [1.807, 2.05) is 24.3 Å². The number of aliphatic hydroxyl groups is 1. The van der Waals surface area contributed by atoms with Gasteiger partial charge in [-0.25, -0.2) is 9.59 Å². The highest BCUT2D eigenvalue weighted by atomic mass is 16.5. The van der Waals surface area contributed by atoms with Crippen molar-refractivity contribution < 1.29 is 29.3 Å². The molecular weight excluding hydrogens is 412 g/mol. The van der Waals surface area contributed by atoms with E-state index in [0.717, 1.165) is 22.3 Å². The van der Waals surface area contributed by atoms with E-state index in [-0.39, 0.29) is 18.9 Å². The average molecular weight is 440 g/mol. The molecule has 8 nitrogen and oxygen atoms in total. The zero-order chi connectivity index (χ0) is 23.1. The number of ether oxygens (including phenoxy) is 1. The molecule has 2 amide bonds. The summed E-state index contributed by atoms with van der Waals surface area (Å²) in [5, 5.41) is 23.3. The number of nitrogens with one attached hydrogen (secondary N) is 2. The van der Waals surface area contributed by atoms with Gasteiger partial charge in [0.05, 0.1) is 6.10 Å². The molecule has 0 aromatic heterocycles. The highest BCUT2D eigenvalue weighted by Crippen LogP contribution is 2.44. The molecule has 0 radical (unpaired) electrons. The molecule has 32 heavy (non-hydrogen) atoms. The molecule has 8 heteroatoms. The van der Waals surface area contributed by atoms with Crippen molar-refractivity contribution in [3.05, 3.63) is 59.7 Å². The largest absolute Gasteiger partial charge is 0.480 e. The minimum absolute atomic E-state index is 0.00653. The zero-order valence-electron chi connectivity index (χ0n) is 17.9. The van der Waals surface area contributed by atoms with Gasteiger partial charge in [0, 0.05) is 18.9 Å². The van der Waals surface area contributed by atoms with Crippen LogP contribution in [0.15, 0.2) is 48.5 Å². The van der Waals surface area contributed by atoms with Crippen LogP contribution in [0, 0.1) is 0 Å². The molecule has 1 aliphatic carbocycles. The summed E-state index contributed by atoms with van der Waals surface area (Å²) in [6, 6.07) is 14.9. The fourth-order valence-corrected chi connectivity index (χ4v) is 3.88. The third-order valence-corrected chi connectivity index (χ3v) is 5.51. The molecule has 0 bridgehead atoms. The molecule has 4 N–H and O–H groups in total. The summed E-state index contributed by atoms with van der Waals surface area (Å²) in [4.78, 5) is 34.9. The number of amides is 2. The Morgan fingerprint density at radius 3 is 2.16 bits per heavy atom. The fourth-order valence-electron chi connectivity index (χ4n) is 3.88. The van der Waals surface area contributed by atoms with Gasteiger partial charge >= 0.3 is 12.1 Å². The standard InChI is InChI=1S/C24H28N2O6/c1-15(27)22(23(29)30)26-21(28)12-6-7-13-25-24(31)32-14-20-18-10-4-2-8-16(18)17-9-3-5-11-19(17)20/h2-5,8-11,15,20,22,27H,6-7,12-14H2,1H3,(H,25,31)(H,26,28)(H,29,30). The normalized spacial score (nSPS) is 14.1. The van der Waals surface area contributed by atoms with Crippen LogP contribution in [0.2, 0.25) is 0 Å². The van der Waals surface area contributed by atoms with Crippen LogP contribution in [0.25, 0.3) is 11.1 Å². The Morgan fingerprint density at radius 2 is 1.59 bits per heavy atom. The Balaban J connectivity index is 1.38. The van der Waals surface area contributed by atoms with Crippen molar-refractivity contribution in [1.29, 1.82) is 0 Å². The van der Waals surface area contributed by atoms with Crippen LogP contribution in [0.5, 0.6) is 0 Å². The van der Waals surface area contributed by atoms with E-state index < -0.39 is 30.1 Å². The van der Waals surface area contributed by atoms with Crippen molar-refractivity contribution in [2.75, 3.05) is 13.2 Å². The van der Waals surface area contributed by atoms with E-state index in [1.165, 1.54) is 6.92 Å². The van der Waals surface area contributed by atoms with Crippen molar-refractivity contribution in [3.63, 3.8) is 0 Å². The molecule has 0 aliphatic heterocycles. The van der Waals surface area contributed by atoms with Crippen LogP contribution in [0.1, 0.15) is 43.2 Å². The van der Waals surface area contributed by atoms with Crippen LogP contribution in [-0.4, -0.2) is 53.5 Å². The number of carbonyl (C=O) groups excluding carboxylic acids is 2. The van der Waals surface area contributed by atoms with Crippen molar-refractivity contribution in [1.82, 2.24) is 10.6 Å². The van der Waals surface area contributed by atoms with Gasteiger partial charge in [-0.05, 0) is 42.0 Å². The SMILES string of the molecule is CC(O)C(NC(=O)CCCCNC(=O)OCC1c2ccccc2-c2ccccc21)C(=O)O. The van der Waals surface area contributed by atoms with Crippen molar-refractivity contribution >= 4 is 18.0 Å². The Labute approximate surface area is 186 Å². The van der Waals surface area contributed by atoms with Crippen LogP contribution in [0.4, 0.5) is 4.79 Å². The summed E-state index contributed by atoms with van der Waals surface area (Å²) in [6.07, 6.45) is -0.614. The van der Waals surface area contributed by atoms with Gasteiger partial charge < -0.3 is 25.6 Å². The maximum absolute atomic E-state index is 12.1. The molecule has 0 saturated heterocycles. The number of benzene rings is 2. The number of alkyl carbamates (subject to hydrolysis) is 1. The lowest BCUT2D eigenvalue weighted by Crippen LogP contribution is -2.47. The van der Waals surface area contributed by atoms with E-state index in [2.05, 4.69) is 34.9 Å². The van der Waals surface area contributed by atoms with E-state index in [9.17, 15) is 19.5 Å². The fraction of sp³-hybridized carbons (Fsp3) is 0.375. The molecule has 3 rings (SSSR count). The minimum Gasteiger partial charge on any atom is -0.480 e. The lowest BCUT2D eigenvalue weighted by Gasteiger charge is -2.17. The number of carbonyl (C=O) groups is 3. The Bertz CT molecular complexity index is 929. The highest BCUT2D eigenvalue weighted by Gasteiger charge is 2.29. The summed E-state index contributed by atoms with van der Waals surface area (Å²) >= 11 is 0. The van der Waals surface area contributed by atoms with Crippen molar-refractivity contribution in [2.45, 2.75) is 44.2 Å². The van der Waals surface area contributed by atoms with Crippen molar-refractivity contribution in [3.8, 4) is 11.1 Å². The molecular formula is C24H28N2O6. The summed E-state index contributed by atoms with van der Waals surface area (Å²) in [5.41, 5.74) is 4.61. The molecule has 0 saturated carbocycles. The van der Waals surface area contributed by atoms with E-state index >= 15 is 0 Å². The van der Waals surface area contributed by atoms with Gasteiger partial charge in [-0.2, -0.15) is 0 Å². The maximum Gasteiger partial charge on any atom is 0.407 e. The molecule has 170 valence electrons. The molecule has 2 unspecified atom stereocenters. The highest BCUT2D eigenvalue weighted by molar-refractivity contribution is 5.84.